The van der Waals surface area contributed by atoms with Crippen LogP contribution in [0.5, 0.6) is 0 Å². The van der Waals surface area contributed by atoms with E-state index in [1.54, 1.807) is 0 Å². The largest absolute Gasteiger partial charge is 0.390 e. The minimum atomic E-state index is -3.01. The minimum Gasteiger partial charge on any atom is -0.390 e. The van der Waals surface area contributed by atoms with Crippen molar-refractivity contribution in [3.05, 3.63) is 0 Å². The normalized spacial score (nSPS) is 27.4. The first-order chi connectivity index (χ1) is 8.05. The first kappa shape index (κ1) is 15.3. The van der Waals surface area contributed by atoms with Crippen molar-refractivity contribution in [2.45, 2.75) is 37.8 Å². The molecule has 1 aliphatic heterocycles. The van der Waals surface area contributed by atoms with Crippen LogP contribution in [-0.4, -0.2) is 55.7 Å². The lowest BCUT2D eigenvalue weighted by molar-refractivity contribution is 0.166. The van der Waals surface area contributed by atoms with Gasteiger partial charge in [-0.1, -0.05) is 12.8 Å². The SMILES string of the molecule is CSCCCCCCNC1CS(=O)(=O)CC1O. The van der Waals surface area contributed by atoms with Gasteiger partial charge in [0, 0.05) is 6.04 Å². The number of thioether (sulfide) groups is 1. The third-order valence-electron chi connectivity index (χ3n) is 3.00. The maximum absolute atomic E-state index is 11.3. The fourth-order valence-electron chi connectivity index (χ4n) is 2.04. The summed E-state index contributed by atoms with van der Waals surface area (Å²) in [6.45, 7) is 0.802. The summed E-state index contributed by atoms with van der Waals surface area (Å²) < 4.78 is 22.5. The molecule has 1 saturated heterocycles. The summed E-state index contributed by atoms with van der Waals surface area (Å²) in [6, 6.07) is -0.258. The average molecular weight is 281 g/mol. The molecule has 0 aliphatic carbocycles. The van der Waals surface area contributed by atoms with Crippen molar-refractivity contribution < 1.29 is 13.5 Å². The molecule has 0 saturated carbocycles. The quantitative estimate of drug-likeness (QED) is 0.640. The van der Waals surface area contributed by atoms with E-state index in [1.165, 1.54) is 25.0 Å². The van der Waals surface area contributed by atoms with Crippen LogP contribution in [0, 0.1) is 0 Å². The van der Waals surface area contributed by atoms with E-state index in [4.69, 9.17) is 0 Å². The molecule has 102 valence electrons. The van der Waals surface area contributed by atoms with Gasteiger partial charge < -0.3 is 10.4 Å². The highest BCUT2D eigenvalue weighted by atomic mass is 32.2. The van der Waals surface area contributed by atoms with Gasteiger partial charge in [0.1, 0.15) is 0 Å². The third kappa shape index (κ3) is 6.08. The van der Waals surface area contributed by atoms with Crippen LogP contribution >= 0.6 is 11.8 Å². The number of sulfone groups is 1. The summed E-state index contributed by atoms with van der Waals surface area (Å²) in [5.74, 6) is 1.21. The van der Waals surface area contributed by atoms with E-state index in [0.717, 1.165) is 13.0 Å². The minimum absolute atomic E-state index is 0.0840. The molecule has 0 spiro atoms. The fraction of sp³-hybridized carbons (Fsp3) is 1.00. The second kappa shape index (κ2) is 7.61. The molecule has 1 aliphatic rings. The number of aliphatic hydroxyl groups excluding tert-OH is 1. The van der Waals surface area contributed by atoms with Gasteiger partial charge in [-0.3, -0.25) is 0 Å². The Morgan fingerprint density at radius 3 is 2.53 bits per heavy atom. The molecule has 1 heterocycles. The summed E-state index contributed by atoms with van der Waals surface area (Å²) in [4.78, 5) is 0. The predicted molar refractivity (Wildman–Crippen MR) is 73.3 cm³/mol. The number of hydrogen-bond donors (Lipinski definition) is 2. The van der Waals surface area contributed by atoms with E-state index in [0.29, 0.717) is 0 Å². The van der Waals surface area contributed by atoms with Crippen molar-refractivity contribution in [3.8, 4) is 0 Å². The number of nitrogens with one attached hydrogen (secondary N) is 1. The van der Waals surface area contributed by atoms with Gasteiger partial charge in [0.05, 0.1) is 17.6 Å². The summed E-state index contributed by atoms with van der Waals surface area (Å²) >= 11 is 1.87. The molecule has 2 unspecified atom stereocenters. The van der Waals surface area contributed by atoms with Gasteiger partial charge in [0.15, 0.2) is 9.84 Å². The summed E-state index contributed by atoms with van der Waals surface area (Å²) in [5.41, 5.74) is 0. The lowest BCUT2D eigenvalue weighted by Gasteiger charge is -2.14. The predicted octanol–water partition coefficient (Wildman–Crippen LogP) is 0.657. The molecule has 0 aromatic heterocycles. The van der Waals surface area contributed by atoms with Gasteiger partial charge in [-0.25, -0.2) is 8.42 Å². The number of rotatable bonds is 8. The molecular weight excluding hydrogens is 258 g/mol. The van der Waals surface area contributed by atoms with Crippen molar-refractivity contribution in [1.82, 2.24) is 5.32 Å². The third-order valence-corrected chi connectivity index (χ3v) is 5.42. The van der Waals surface area contributed by atoms with Crippen molar-refractivity contribution in [1.29, 1.82) is 0 Å². The molecule has 2 N–H and O–H groups in total. The number of unbranched alkanes of at least 4 members (excludes halogenated alkanes) is 3. The van der Waals surface area contributed by atoms with Gasteiger partial charge in [0.2, 0.25) is 0 Å². The maximum atomic E-state index is 11.3. The number of hydrogen-bond acceptors (Lipinski definition) is 5. The molecule has 17 heavy (non-hydrogen) atoms. The number of aliphatic hydroxyl groups is 1. The second-order valence-corrected chi connectivity index (χ2v) is 7.75. The first-order valence-corrected chi connectivity index (χ1v) is 9.37. The maximum Gasteiger partial charge on any atom is 0.154 e. The molecular formula is C11H23NO3S2. The van der Waals surface area contributed by atoms with Crippen molar-refractivity contribution >= 4 is 21.6 Å². The smallest absolute Gasteiger partial charge is 0.154 e. The second-order valence-electron chi connectivity index (χ2n) is 4.61. The van der Waals surface area contributed by atoms with Gasteiger partial charge >= 0.3 is 0 Å². The summed E-state index contributed by atoms with van der Waals surface area (Å²) in [7, 11) is -3.01. The molecule has 0 amide bonds. The Morgan fingerprint density at radius 1 is 1.24 bits per heavy atom. The van der Waals surface area contributed by atoms with E-state index in [1.807, 2.05) is 11.8 Å². The van der Waals surface area contributed by atoms with Gasteiger partial charge in [-0.15, -0.1) is 0 Å². The molecule has 0 bridgehead atoms. The Hall–Kier alpha value is 0.220. The molecule has 2 atom stereocenters. The van der Waals surface area contributed by atoms with Crippen LogP contribution in [0.15, 0.2) is 0 Å². The Morgan fingerprint density at radius 2 is 1.94 bits per heavy atom. The lowest BCUT2D eigenvalue weighted by atomic mass is 10.2. The highest BCUT2D eigenvalue weighted by molar-refractivity contribution is 7.98. The van der Waals surface area contributed by atoms with Gasteiger partial charge in [0.25, 0.3) is 0 Å². The highest BCUT2D eigenvalue weighted by Crippen LogP contribution is 2.12. The van der Waals surface area contributed by atoms with Crippen LogP contribution in [0.1, 0.15) is 25.7 Å². The van der Waals surface area contributed by atoms with Crippen LogP contribution in [0.4, 0.5) is 0 Å². The van der Waals surface area contributed by atoms with E-state index in [9.17, 15) is 13.5 Å². The van der Waals surface area contributed by atoms with Crippen LogP contribution in [0.2, 0.25) is 0 Å². The van der Waals surface area contributed by atoms with Gasteiger partial charge in [-0.05, 0) is 31.4 Å². The van der Waals surface area contributed by atoms with E-state index < -0.39 is 15.9 Å². The van der Waals surface area contributed by atoms with E-state index in [2.05, 4.69) is 11.6 Å². The zero-order chi connectivity index (χ0) is 12.7. The Labute approximate surface area is 108 Å². The average Bonchev–Trinajstić information content (AvgIpc) is 2.51. The topological polar surface area (TPSA) is 66.4 Å². The van der Waals surface area contributed by atoms with Crippen LogP contribution in [0.25, 0.3) is 0 Å². The van der Waals surface area contributed by atoms with Crippen LogP contribution in [0.3, 0.4) is 0 Å². The van der Waals surface area contributed by atoms with Crippen LogP contribution < -0.4 is 5.32 Å². The van der Waals surface area contributed by atoms with Crippen molar-refractivity contribution in [3.63, 3.8) is 0 Å². The van der Waals surface area contributed by atoms with Gasteiger partial charge in [-0.2, -0.15) is 11.8 Å². The Balaban J connectivity index is 2.04. The monoisotopic (exact) mass is 281 g/mol. The fourth-order valence-corrected chi connectivity index (χ4v) is 4.31. The standard InChI is InChI=1S/C11H23NO3S2/c1-16-7-5-3-2-4-6-12-10-8-17(14,15)9-11(10)13/h10-13H,2-9H2,1H3. The lowest BCUT2D eigenvalue weighted by Crippen LogP contribution is -2.39. The molecule has 1 fully saturated rings. The molecule has 4 nitrogen and oxygen atoms in total. The van der Waals surface area contributed by atoms with Crippen molar-refractivity contribution in [2.24, 2.45) is 0 Å². The first-order valence-electron chi connectivity index (χ1n) is 6.16. The zero-order valence-corrected chi connectivity index (χ0v) is 12.0. The highest BCUT2D eigenvalue weighted by Gasteiger charge is 2.35. The molecule has 1 rings (SSSR count). The zero-order valence-electron chi connectivity index (χ0n) is 10.4. The summed E-state index contributed by atoms with van der Waals surface area (Å²) in [6.07, 6.45) is 6.09. The van der Waals surface area contributed by atoms with E-state index >= 15 is 0 Å². The molecule has 0 aromatic rings. The molecule has 6 heteroatoms. The van der Waals surface area contributed by atoms with Crippen molar-refractivity contribution in [2.75, 3.05) is 30.1 Å². The molecule has 0 aromatic carbocycles. The van der Waals surface area contributed by atoms with Crippen LogP contribution in [-0.2, 0) is 9.84 Å². The summed E-state index contributed by atoms with van der Waals surface area (Å²) in [5, 5.41) is 12.7. The Kier molecular flexibility index (Phi) is 6.84. The Bertz CT molecular complexity index is 306. The molecule has 0 radical (unpaired) electrons. The van der Waals surface area contributed by atoms with E-state index in [-0.39, 0.29) is 17.5 Å².